The van der Waals surface area contributed by atoms with Crippen LogP contribution >= 0.6 is 23.2 Å². The third kappa shape index (κ3) is 12.9. The van der Waals surface area contributed by atoms with Crippen molar-refractivity contribution in [1.29, 1.82) is 0 Å². The molecule has 0 unspecified atom stereocenters. The number of carbonyl (C=O) groups excluding carboxylic acids is 4. The average molecular weight is 1160 g/mol. The van der Waals surface area contributed by atoms with Gasteiger partial charge in [0.25, 0.3) is 0 Å². The van der Waals surface area contributed by atoms with E-state index in [4.69, 9.17) is 23.2 Å². The zero-order chi connectivity index (χ0) is 59.2. The first-order chi connectivity index (χ1) is 41.6. The van der Waals surface area contributed by atoms with Gasteiger partial charge in [-0.15, -0.1) is 23.2 Å². The Morgan fingerprint density at radius 3 is 0.753 bits per heavy atom. The molecule has 0 heterocycles. The summed E-state index contributed by atoms with van der Waals surface area (Å²) >= 11 is 9.53. The molecular weight excluding hydrogens is 1090 g/mol. The lowest BCUT2D eigenvalue weighted by Crippen LogP contribution is -2.53. The molecule has 8 heteroatoms. The number of alkyl halides is 2. The summed E-state index contributed by atoms with van der Waals surface area (Å²) in [6.45, 7) is 0. The molecule has 0 aromatic heterocycles. The molecule has 6 nitrogen and oxygen atoms in total. The van der Waals surface area contributed by atoms with Crippen LogP contribution in [0, 0.1) is 23.7 Å². The highest BCUT2D eigenvalue weighted by molar-refractivity contribution is 6.40. The summed E-state index contributed by atoms with van der Waals surface area (Å²) in [5, 5.41) is 26.1. The van der Waals surface area contributed by atoms with Gasteiger partial charge in [0.2, 0.25) is 0 Å². The van der Waals surface area contributed by atoms with Gasteiger partial charge in [0.05, 0.1) is 17.2 Å². The van der Waals surface area contributed by atoms with Crippen LogP contribution in [-0.4, -0.2) is 38.7 Å². The summed E-state index contributed by atoms with van der Waals surface area (Å²) in [7, 11) is 0. The number of aliphatic hydroxyl groups is 2. The average Bonchev–Trinajstić information content (AvgIpc) is 0.891. The number of Topliss-reactive ketones (excluding diaryl/α,β-unsaturated/α-hetero) is 4. The first-order valence-corrected chi connectivity index (χ1v) is 29.9. The van der Waals surface area contributed by atoms with E-state index < -0.39 is 46.7 Å². The number of halogens is 2. The molecule has 0 bridgehead atoms. The van der Waals surface area contributed by atoms with E-state index in [0.29, 0.717) is 33.4 Å². The minimum atomic E-state index is -1.53. The van der Waals surface area contributed by atoms with Gasteiger partial charge in [0, 0.05) is 45.9 Å². The van der Waals surface area contributed by atoms with Crippen LogP contribution in [0.4, 0.5) is 0 Å². The van der Waals surface area contributed by atoms with E-state index in [1.165, 1.54) is 0 Å². The highest BCUT2D eigenvalue weighted by Gasteiger charge is 2.60. The fraction of sp³-hybridized carbons (Fsp3) is 0.169. The van der Waals surface area contributed by atoms with E-state index in [0.717, 1.165) is 22.3 Å². The summed E-state index contributed by atoms with van der Waals surface area (Å²) in [5.74, 6) is -5.15. The molecule has 0 amide bonds. The van der Waals surface area contributed by atoms with Gasteiger partial charge in [0.1, 0.15) is 11.2 Å². The molecule has 0 spiro atoms. The quantitative estimate of drug-likeness (QED) is 0.0829. The molecule has 424 valence electrons. The van der Waals surface area contributed by atoms with Gasteiger partial charge < -0.3 is 10.2 Å². The van der Waals surface area contributed by atoms with Crippen LogP contribution in [0.2, 0.25) is 0 Å². The second kappa shape index (κ2) is 27.8. The highest BCUT2D eigenvalue weighted by Crippen LogP contribution is 2.60. The molecule has 85 heavy (non-hydrogen) atoms. The van der Waals surface area contributed by atoms with Gasteiger partial charge in [-0.25, -0.2) is 0 Å². The second-order valence-corrected chi connectivity index (χ2v) is 22.7. The first-order valence-electron chi connectivity index (χ1n) is 28.8. The van der Waals surface area contributed by atoms with Crippen LogP contribution in [-0.2, 0) is 11.2 Å². The van der Waals surface area contributed by atoms with Crippen molar-refractivity contribution in [2.45, 2.75) is 47.7 Å². The summed E-state index contributed by atoms with van der Waals surface area (Å²) < 4.78 is 0. The Balaban J connectivity index is 0.000000181. The third-order valence-corrected chi connectivity index (χ3v) is 17.2. The monoisotopic (exact) mass is 1160 g/mol. The van der Waals surface area contributed by atoms with Crippen molar-refractivity contribution in [2.24, 2.45) is 23.7 Å². The van der Waals surface area contributed by atoms with Gasteiger partial charge in [-0.1, -0.05) is 303 Å². The van der Waals surface area contributed by atoms with E-state index >= 15 is 0 Å². The molecule has 2 saturated carbocycles. The second-order valence-electron chi connectivity index (χ2n) is 21.9. The number of hydrogen-bond donors (Lipinski definition) is 2. The zero-order valence-corrected chi connectivity index (χ0v) is 48.4. The van der Waals surface area contributed by atoms with E-state index in [1.807, 2.05) is 279 Å². The lowest BCUT2D eigenvalue weighted by atomic mass is 9.52. The lowest BCUT2D eigenvalue weighted by molar-refractivity contribution is -0.0698. The van der Waals surface area contributed by atoms with Crippen LogP contribution in [0.1, 0.15) is 111 Å². The minimum Gasteiger partial charge on any atom is -0.384 e. The van der Waals surface area contributed by atoms with Gasteiger partial charge in [-0.3, -0.25) is 19.2 Å². The highest BCUT2D eigenvalue weighted by atomic mass is 35.5. The largest absolute Gasteiger partial charge is 0.384 e. The van der Waals surface area contributed by atoms with Crippen molar-refractivity contribution >= 4 is 46.3 Å². The van der Waals surface area contributed by atoms with Crippen molar-refractivity contribution in [1.82, 2.24) is 0 Å². The van der Waals surface area contributed by atoms with Crippen molar-refractivity contribution < 1.29 is 29.4 Å². The maximum atomic E-state index is 14.6. The maximum absolute atomic E-state index is 14.6. The number of benzene rings is 10. The Morgan fingerprint density at radius 2 is 0.506 bits per heavy atom. The smallest absolute Gasteiger partial charge is 0.169 e. The molecule has 10 aromatic rings. The topological polar surface area (TPSA) is 109 Å². The summed E-state index contributed by atoms with van der Waals surface area (Å²) in [6.07, 6.45) is 0.466. The van der Waals surface area contributed by atoms with E-state index in [9.17, 15) is 29.4 Å². The molecule has 0 aliphatic heterocycles. The SMILES string of the molecule is ClCCl.O=C(c1ccccc1)[C@@H]1[C@@H](c2ccccc2)[C@H](C(=O)c2ccccc2)[C@@](O)(c2ccccc2)C[C@H]1c1ccccc1.O=C(c1ccccc1)[C@H]1[C@H](c2ccccc2)[C@@H](C(=O)c2ccccc2)[C@](O)(c2ccccc2)C[C@@H]1c1ccccc1. The van der Waals surface area contributed by atoms with Crippen LogP contribution in [0.3, 0.4) is 0 Å². The maximum Gasteiger partial charge on any atom is 0.169 e. The minimum absolute atomic E-state index is 0.0192. The Hall–Kier alpha value is -8.62. The molecule has 2 aliphatic carbocycles. The van der Waals surface area contributed by atoms with Crippen molar-refractivity contribution in [3.05, 3.63) is 359 Å². The normalized spacial score (nSPS) is 23.3. The predicted octanol–water partition coefficient (Wildman–Crippen LogP) is 17.1. The van der Waals surface area contributed by atoms with Gasteiger partial charge in [0.15, 0.2) is 23.1 Å². The third-order valence-electron chi connectivity index (χ3n) is 17.2. The predicted molar refractivity (Wildman–Crippen MR) is 340 cm³/mol. The van der Waals surface area contributed by atoms with Crippen LogP contribution in [0.15, 0.2) is 303 Å². The number of ketones is 4. The lowest BCUT2D eigenvalue weighted by Gasteiger charge is -2.51. The number of carbonyl (C=O) groups is 4. The Kier molecular flexibility index (Phi) is 19.5. The van der Waals surface area contributed by atoms with Gasteiger partial charge in [-0.05, 0) is 58.1 Å². The van der Waals surface area contributed by atoms with Crippen LogP contribution in [0.25, 0.3) is 0 Å². The Bertz CT molecular complexity index is 3490. The molecule has 12 rings (SSSR count). The van der Waals surface area contributed by atoms with E-state index in [1.54, 1.807) is 24.3 Å². The van der Waals surface area contributed by atoms with E-state index in [2.05, 4.69) is 0 Å². The fourth-order valence-corrected chi connectivity index (χ4v) is 13.5. The standard InChI is InChI=1S/2C38H32O3.CH2Cl2/c2*39-36(29-20-10-3-11-21-29)34-32(27-16-6-1-7-17-27)26-38(41,31-24-14-5-15-25-31)35(33(34)28-18-8-2-9-19-28)37(40)30-22-12-4-13-23-30;2-1-3/h2*1-25,32-35,41H,26H2;1H2/t2*32-,33+,34-,35+,38-;/m10./s1. The summed E-state index contributed by atoms with van der Waals surface area (Å²) in [4.78, 5) is 58.6. The summed E-state index contributed by atoms with van der Waals surface area (Å²) in [5.41, 5.74) is 4.26. The summed E-state index contributed by atoms with van der Waals surface area (Å²) in [6, 6.07) is 95.5. The molecule has 10 atom stereocenters. The first kappa shape index (κ1) is 59.5. The molecule has 0 radical (unpaired) electrons. The molecule has 2 fully saturated rings. The van der Waals surface area contributed by atoms with Crippen molar-refractivity contribution in [2.75, 3.05) is 5.34 Å². The van der Waals surface area contributed by atoms with E-state index in [-0.39, 0.29) is 53.1 Å². The van der Waals surface area contributed by atoms with Crippen LogP contribution < -0.4 is 0 Å². The number of hydrogen-bond acceptors (Lipinski definition) is 6. The van der Waals surface area contributed by atoms with Crippen molar-refractivity contribution in [3.8, 4) is 0 Å². The Labute approximate surface area is 508 Å². The fourth-order valence-electron chi connectivity index (χ4n) is 13.5. The van der Waals surface area contributed by atoms with Crippen LogP contribution in [0.5, 0.6) is 0 Å². The van der Waals surface area contributed by atoms with Gasteiger partial charge >= 0.3 is 0 Å². The number of rotatable bonds is 14. The molecule has 2 N–H and O–H groups in total. The molecular formula is C77H66Cl2O6. The zero-order valence-electron chi connectivity index (χ0n) is 46.9. The molecule has 0 saturated heterocycles. The van der Waals surface area contributed by atoms with Crippen molar-refractivity contribution in [3.63, 3.8) is 0 Å². The Morgan fingerprint density at radius 1 is 0.306 bits per heavy atom. The van der Waals surface area contributed by atoms with Gasteiger partial charge in [-0.2, -0.15) is 0 Å². The molecule has 10 aromatic carbocycles. The molecule has 2 aliphatic rings.